The van der Waals surface area contributed by atoms with Crippen molar-refractivity contribution < 1.29 is 14.6 Å². The summed E-state index contributed by atoms with van der Waals surface area (Å²) in [6.07, 6.45) is 0.476. The molecule has 0 radical (unpaired) electrons. The lowest BCUT2D eigenvalue weighted by Gasteiger charge is -2.25. The largest absolute Gasteiger partial charge is 0.491 e. The zero-order valence-corrected chi connectivity index (χ0v) is 12.6. The Morgan fingerprint density at radius 3 is 2.21 bits per heavy atom. The minimum atomic E-state index is -0.598. The van der Waals surface area contributed by atoms with Crippen molar-refractivity contribution in [1.29, 1.82) is 0 Å². The van der Waals surface area contributed by atoms with Crippen molar-refractivity contribution >= 4 is 0 Å². The highest BCUT2D eigenvalue weighted by molar-refractivity contribution is 5.28. The van der Waals surface area contributed by atoms with Gasteiger partial charge in [-0.15, -0.1) is 0 Å². The number of hydrogen-bond acceptors (Lipinski definition) is 3. The second-order valence-electron chi connectivity index (χ2n) is 5.68. The van der Waals surface area contributed by atoms with Gasteiger partial charge in [0.05, 0.1) is 18.3 Å². The molecule has 0 aliphatic carbocycles. The lowest BCUT2D eigenvalue weighted by atomic mass is 10.1. The number of aliphatic hydroxyl groups is 1. The maximum absolute atomic E-state index is 10.1. The highest BCUT2D eigenvalue weighted by atomic mass is 16.5. The third-order valence-corrected chi connectivity index (χ3v) is 3.12. The molecule has 0 heterocycles. The number of benzene rings is 1. The van der Waals surface area contributed by atoms with Crippen LogP contribution in [0.1, 0.15) is 52.7 Å². The van der Waals surface area contributed by atoms with Gasteiger partial charge in [0.25, 0.3) is 0 Å². The average Bonchev–Trinajstić information content (AvgIpc) is 2.36. The van der Waals surface area contributed by atoms with Crippen LogP contribution in [0.2, 0.25) is 0 Å². The zero-order valence-electron chi connectivity index (χ0n) is 12.6. The smallest absolute Gasteiger partial charge is 0.119 e. The van der Waals surface area contributed by atoms with Crippen LogP contribution in [0.4, 0.5) is 0 Å². The van der Waals surface area contributed by atoms with Crippen LogP contribution in [0, 0.1) is 0 Å². The summed E-state index contributed by atoms with van der Waals surface area (Å²) in [7, 11) is 0. The minimum Gasteiger partial charge on any atom is -0.491 e. The van der Waals surface area contributed by atoms with Crippen molar-refractivity contribution in [3.63, 3.8) is 0 Å². The summed E-state index contributed by atoms with van der Waals surface area (Å²) >= 11 is 0. The molecule has 0 saturated carbocycles. The fourth-order valence-corrected chi connectivity index (χ4v) is 1.54. The maximum atomic E-state index is 10.1. The first kappa shape index (κ1) is 16.0. The van der Waals surface area contributed by atoms with Gasteiger partial charge in [0, 0.05) is 0 Å². The Balaban J connectivity index is 2.55. The maximum Gasteiger partial charge on any atom is 0.119 e. The Kier molecular flexibility index (Phi) is 5.83. The lowest BCUT2D eigenvalue weighted by Crippen LogP contribution is -2.25. The quantitative estimate of drug-likeness (QED) is 0.817. The Morgan fingerprint density at radius 1 is 1.16 bits per heavy atom. The van der Waals surface area contributed by atoms with E-state index in [1.54, 1.807) is 0 Å². The van der Waals surface area contributed by atoms with Crippen molar-refractivity contribution in [1.82, 2.24) is 0 Å². The molecule has 1 rings (SSSR count). The molecule has 1 atom stereocenters. The molecule has 1 unspecified atom stereocenters. The van der Waals surface area contributed by atoms with Crippen LogP contribution in [0.5, 0.6) is 5.75 Å². The van der Waals surface area contributed by atoms with Gasteiger partial charge in [-0.3, -0.25) is 0 Å². The van der Waals surface area contributed by atoms with E-state index in [-0.39, 0.29) is 11.7 Å². The predicted molar refractivity (Wildman–Crippen MR) is 77.5 cm³/mol. The minimum absolute atomic E-state index is 0.157. The SMILES string of the molecule is CCC(C)(C)OCC(O)c1ccc(OC(C)C)cc1. The number of hydrogen-bond donors (Lipinski definition) is 1. The zero-order chi connectivity index (χ0) is 14.5. The van der Waals surface area contributed by atoms with Crippen LogP contribution in [-0.4, -0.2) is 23.4 Å². The lowest BCUT2D eigenvalue weighted by molar-refractivity contribution is -0.0618. The summed E-state index contributed by atoms with van der Waals surface area (Å²) in [4.78, 5) is 0. The third kappa shape index (κ3) is 5.62. The van der Waals surface area contributed by atoms with Crippen LogP contribution in [0.15, 0.2) is 24.3 Å². The fourth-order valence-electron chi connectivity index (χ4n) is 1.54. The molecule has 0 bridgehead atoms. The first-order valence-corrected chi connectivity index (χ1v) is 6.92. The van der Waals surface area contributed by atoms with Crippen molar-refractivity contribution in [2.45, 2.75) is 58.8 Å². The van der Waals surface area contributed by atoms with E-state index in [0.717, 1.165) is 17.7 Å². The van der Waals surface area contributed by atoms with Gasteiger partial charge in [-0.05, 0) is 51.8 Å². The summed E-state index contributed by atoms with van der Waals surface area (Å²) in [5, 5.41) is 10.1. The predicted octanol–water partition coefficient (Wildman–Crippen LogP) is 3.71. The standard InChI is InChI=1S/C16H26O3/c1-6-16(4,5)18-11-15(17)13-7-9-14(10-8-13)19-12(2)3/h7-10,12,15,17H,6,11H2,1-5H3. The van der Waals surface area contributed by atoms with Crippen molar-refractivity contribution in [2.24, 2.45) is 0 Å². The highest BCUT2D eigenvalue weighted by Gasteiger charge is 2.18. The van der Waals surface area contributed by atoms with Gasteiger partial charge in [-0.25, -0.2) is 0 Å². The molecule has 3 nitrogen and oxygen atoms in total. The van der Waals surface area contributed by atoms with E-state index in [2.05, 4.69) is 6.92 Å². The van der Waals surface area contributed by atoms with E-state index in [1.165, 1.54) is 0 Å². The van der Waals surface area contributed by atoms with Gasteiger partial charge >= 0.3 is 0 Å². The Morgan fingerprint density at radius 2 is 1.74 bits per heavy atom. The van der Waals surface area contributed by atoms with E-state index < -0.39 is 6.10 Å². The molecule has 0 aliphatic rings. The summed E-state index contributed by atoms with van der Waals surface area (Å²) in [5.41, 5.74) is 0.657. The molecule has 1 aromatic carbocycles. The summed E-state index contributed by atoms with van der Waals surface area (Å²) in [6.45, 7) is 10.4. The Labute approximate surface area is 116 Å². The first-order valence-electron chi connectivity index (χ1n) is 6.92. The van der Waals surface area contributed by atoms with E-state index in [4.69, 9.17) is 9.47 Å². The summed E-state index contributed by atoms with van der Waals surface area (Å²) < 4.78 is 11.3. The molecule has 0 aliphatic heterocycles. The monoisotopic (exact) mass is 266 g/mol. The molecule has 0 spiro atoms. The van der Waals surface area contributed by atoms with Crippen LogP contribution in [0.25, 0.3) is 0 Å². The number of aliphatic hydroxyl groups excluding tert-OH is 1. The second kappa shape index (κ2) is 6.92. The van der Waals surface area contributed by atoms with Gasteiger partial charge in [0.2, 0.25) is 0 Å². The fraction of sp³-hybridized carbons (Fsp3) is 0.625. The van der Waals surface area contributed by atoms with Crippen molar-refractivity contribution in [3.8, 4) is 5.75 Å². The molecule has 0 saturated heterocycles. The van der Waals surface area contributed by atoms with Crippen LogP contribution < -0.4 is 4.74 Å². The molecule has 0 fully saturated rings. The van der Waals surface area contributed by atoms with E-state index >= 15 is 0 Å². The van der Waals surface area contributed by atoms with Gasteiger partial charge in [-0.1, -0.05) is 19.1 Å². The summed E-state index contributed by atoms with van der Waals surface area (Å²) in [5.74, 6) is 0.820. The van der Waals surface area contributed by atoms with E-state index in [9.17, 15) is 5.11 Å². The number of rotatable bonds is 7. The van der Waals surface area contributed by atoms with Crippen LogP contribution >= 0.6 is 0 Å². The van der Waals surface area contributed by atoms with Crippen LogP contribution in [0.3, 0.4) is 0 Å². The van der Waals surface area contributed by atoms with Crippen molar-refractivity contribution in [3.05, 3.63) is 29.8 Å². The molecule has 3 heteroatoms. The Bertz CT molecular complexity index is 368. The molecular formula is C16H26O3. The molecule has 19 heavy (non-hydrogen) atoms. The highest BCUT2D eigenvalue weighted by Crippen LogP contribution is 2.21. The normalized spacial score (nSPS) is 13.6. The van der Waals surface area contributed by atoms with Gasteiger partial charge in [0.15, 0.2) is 0 Å². The molecule has 0 amide bonds. The topological polar surface area (TPSA) is 38.7 Å². The summed E-state index contributed by atoms with van der Waals surface area (Å²) in [6, 6.07) is 7.52. The molecule has 108 valence electrons. The average molecular weight is 266 g/mol. The van der Waals surface area contributed by atoms with E-state index in [1.807, 2.05) is 52.0 Å². The van der Waals surface area contributed by atoms with Gasteiger partial charge in [-0.2, -0.15) is 0 Å². The third-order valence-electron chi connectivity index (χ3n) is 3.12. The van der Waals surface area contributed by atoms with Gasteiger partial charge in [0.1, 0.15) is 11.9 Å². The molecular weight excluding hydrogens is 240 g/mol. The molecule has 1 N–H and O–H groups in total. The van der Waals surface area contributed by atoms with Gasteiger partial charge < -0.3 is 14.6 Å². The number of ether oxygens (including phenoxy) is 2. The second-order valence-corrected chi connectivity index (χ2v) is 5.68. The molecule has 0 aromatic heterocycles. The van der Waals surface area contributed by atoms with Crippen molar-refractivity contribution in [2.75, 3.05) is 6.61 Å². The first-order chi connectivity index (χ1) is 8.84. The molecule has 1 aromatic rings. The Hall–Kier alpha value is -1.06. The van der Waals surface area contributed by atoms with E-state index in [0.29, 0.717) is 6.61 Å². The van der Waals surface area contributed by atoms with Crippen LogP contribution in [-0.2, 0) is 4.74 Å².